The number of carbonyl (C=O) groups excluding carboxylic acids is 1. The van der Waals surface area contributed by atoms with Gasteiger partial charge in [0.15, 0.2) is 16.6 Å². The molecule has 1 atom stereocenters. The Hall–Kier alpha value is -2.83. The molecule has 1 unspecified atom stereocenters. The highest BCUT2D eigenvalue weighted by atomic mass is 32.1. The lowest BCUT2D eigenvalue weighted by atomic mass is 9.69. The van der Waals surface area contributed by atoms with Crippen molar-refractivity contribution in [2.45, 2.75) is 46.5 Å². The van der Waals surface area contributed by atoms with Crippen molar-refractivity contribution in [3.63, 3.8) is 0 Å². The highest BCUT2D eigenvalue weighted by Crippen LogP contribution is 2.45. The zero-order valence-corrected chi connectivity index (χ0v) is 22.1. The van der Waals surface area contributed by atoms with Crippen LogP contribution in [0.2, 0.25) is 0 Å². The first-order valence-electron chi connectivity index (χ1n) is 11.2. The molecule has 1 aliphatic rings. The first-order chi connectivity index (χ1) is 16.2. The smallest absolute Gasteiger partial charge is 0.257 e. The number of anilines is 1. The van der Waals surface area contributed by atoms with Crippen molar-refractivity contribution in [3.05, 3.63) is 33.7 Å². The summed E-state index contributed by atoms with van der Waals surface area (Å²) in [4.78, 5) is 14.1. The molecule has 3 rings (SSSR count). The summed E-state index contributed by atoms with van der Waals surface area (Å²) >= 11 is 6.96. The average Bonchev–Trinajstić information content (AvgIpc) is 3.18. The number of nitriles is 1. The fourth-order valence-electron chi connectivity index (χ4n) is 4.27. The molecule has 0 fully saturated rings. The largest absolute Gasteiger partial charge is 0.493 e. The van der Waals surface area contributed by atoms with Crippen LogP contribution in [0.15, 0.2) is 12.1 Å². The summed E-state index contributed by atoms with van der Waals surface area (Å²) in [6.07, 6.45) is 4.03. The maximum Gasteiger partial charge on any atom is 0.257 e. The van der Waals surface area contributed by atoms with Crippen LogP contribution in [0.4, 0.5) is 5.00 Å². The molecule has 9 heteroatoms. The van der Waals surface area contributed by atoms with Crippen LogP contribution in [0.1, 0.15) is 60.0 Å². The van der Waals surface area contributed by atoms with Crippen molar-refractivity contribution in [1.82, 2.24) is 5.32 Å². The number of thiophene rings is 1. The molecule has 1 aliphatic carbocycles. The maximum absolute atomic E-state index is 12.9. The minimum absolute atomic E-state index is 0.124. The fraction of sp³-hybridized carbons (Fsp3) is 0.480. The molecule has 0 radical (unpaired) electrons. The molecule has 34 heavy (non-hydrogen) atoms. The van der Waals surface area contributed by atoms with Crippen LogP contribution in [0.25, 0.3) is 0 Å². The Morgan fingerprint density at radius 2 is 1.88 bits per heavy atom. The average molecular weight is 502 g/mol. The number of nitrogens with one attached hydrogen (secondary N) is 2. The zero-order valence-electron chi connectivity index (χ0n) is 20.5. The third-order valence-corrected chi connectivity index (χ3v) is 8.15. The number of carbonyl (C=O) groups is 1. The van der Waals surface area contributed by atoms with E-state index in [4.69, 9.17) is 26.4 Å². The van der Waals surface area contributed by atoms with Crippen molar-refractivity contribution >= 4 is 39.6 Å². The second kappa shape index (κ2) is 10.6. The molecule has 0 saturated heterocycles. The highest BCUT2D eigenvalue weighted by Gasteiger charge is 2.34. The number of ether oxygens (including phenoxy) is 3. The first kappa shape index (κ1) is 25.8. The number of thiocarbonyl (C=S) groups is 1. The SMILES string of the molecule is CCC(C)(C)C1CCc2c(sc(NC(=S)NC(=O)c3cc(OC)c(OC)c(OC)c3)c2C#N)C1. The lowest BCUT2D eigenvalue weighted by Gasteiger charge is -2.36. The number of hydrogen-bond acceptors (Lipinski definition) is 7. The lowest BCUT2D eigenvalue weighted by molar-refractivity contribution is 0.0977. The van der Waals surface area contributed by atoms with Crippen LogP contribution < -0.4 is 24.8 Å². The molecule has 1 amide bonds. The van der Waals surface area contributed by atoms with Gasteiger partial charge in [0, 0.05) is 10.4 Å². The van der Waals surface area contributed by atoms with Gasteiger partial charge in [0.1, 0.15) is 11.1 Å². The van der Waals surface area contributed by atoms with E-state index in [9.17, 15) is 10.1 Å². The van der Waals surface area contributed by atoms with E-state index in [-0.39, 0.29) is 10.5 Å². The van der Waals surface area contributed by atoms with Crippen LogP contribution in [0, 0.1) is 22.7 Å². The van der Waals surface area contributed by atoms with E-state index in [1.807, 2.05) is 0 Å². The Morgan fingerprint density at radius 1 is 1.24 bits per heavy atom. The number of methoxy groups -OCH3 is 3. The molecule has 0 saturated carbocycles. The van der Waals surface area contributed by atoms with Crippen molar-refractivity contribution in [1.29, 1.82) is 5.26 Å². The molecule has 0 spiro atoms. The molecule has 2 N–H and O–H groups in total. The van der Waals surface area contributed by atoms with Crippen LogP contribution in [-0.4, -0.2) is 32.3 Å². The van der Waals surface area contributed by atoms with E-state index < -0.39 is 5.91 Å². The maximum atomic E-state index is 12.9. The topological polar surface area (TPSA) is 92.6 Å². The molecule has 182 valence electrons. The van der Waals surface area contributed by atoms with E-state index in [2.05, 4.69) is 37.5 Å². The van der Waals surface area contributed by atoms with Gasteiger partial charge in [-0.2, -0.15) is 5.26 Å². The Balaban J connectivity index is 1.77. The number of benzene rings is 1. The molecule has 2 aromatic rings. The van der Waals surface area contributed by atoms with Gasteiger partial charge in [0.05, 0.1) is 26.9 Å². The van der Waals surface area contributed by atoms with E-state index in [0.717, 1.165) is 31.2 Å². The summed E-state index contributed by atoms with van der Waals surface area (Å²) in [5.41, 5.74) is 2.29. The quantitative estimate of drug-likeness (QED) is 0.497. The normalized spacial score (nSPS) is 15.0. The Labute approximate surface area is 210 Å². The summed E-state index contributed by atoms with van der Waals surface area (Å²) < 4.78 is 15.9. The van der Waals surface area contributed by atoms with Gasteiger partial charge < -0.3 is 19.5 Å². The molecule has 0 aliphatic heterocycles. The fourth-order valence-corrected chi connectivity index (χ4v) is 5.81. The van der Waals surface area contributed by atoms with Gasteiger partial charge >= 0.3 is 0 Å². The summed E-state index contributed by atoms with van der Waals surface area (Å²) in [6.45, 7) is 6.86. The van der Waals surface area contributed by atoms with Gasteiger partial charge in [0.2, 0.25) is 5.75 Å². The van der Waals surface area contributed by atoms with Gasteiger partial charge in [-0.3, -0.25) is 10.1 Å². The molecule has 0 bridgehead atoms. The third-order valence-electron chi connectivity index (χ3n) is 6.77. The number of nitrogens with zero attached hydrogens (tertiary/aromatic N) is 1. The molecule has 1 heterocycles. The van der Waals surface area contributed by atoms with E-state index in [1.54, 1.807) is 23.5 Å². The van der Waals surface area contributed by atoms with Crippen molar-refractivity contribution < 1.29 is 19.0 Å². The van der Waals surface area contributed by atoms with Gasteiger partial charge in [0.25, 0.3) is 5.91 Å². The molecular formula is C25H31N3O4S2. The van der Waals surface area contributed by atoms with Crippen LogP contribution in [0.5, 0.6) is 17.2 Å². The Kier molecular flexibility index (Phi) is 8.05. The van der Waals surface area contributed by atoms with Crippen LogP contribution in [-0.2, 0) is 12.8 Å². The second-order valence-corrected chi connectivity index (χ2v) is 10.4. The van der Waals surface area contributed by atoms with E-state index in [0.29, 0.717) is 39.3 Å². The summed E-state index contributed by atoms with van der Waals surface area (Å²) in [7, 11) is 4.47. The van der Waals surface area contributed by atoms with E-state index in [1.165, 1.54) is 26.2 Å². The molecule has 1 aromatic carbocycles. The van der Waals surface area contributed by atoms with Crippen molar-refractivity contribution in [3.8, 4) is 23.3 Å². The van der Waals surface area contributed by atoms with Gasteiger partial charge in [-0.25, -0.2) is 0 Å². The number of hydrogen-bond donors (Lipinski definition) is 2. The monoisotopic (exact) mass is 501 g/mol. The van der Waals surface area contributed by atoms with Gasteiger partial charge in [-0.15, -0.1) is 11.3 Å². The van der Waals surface area contributed by atoms with Gasteiger partial charge in [-0.1, -0.05) is 27.2 Å². The minimum atomic E-state index is -0.429. The summed E-state index contributed by atoms with van der Waals surface area (Å²) in [5, 5.41) is 16.4. The minimum Gasteiger partial charge on any atom is -0.493 e. The third kappa shape index (κ3) is 5.13. The second-order valence-electron chi connectivity index (χ2n) is 8.92. The Bertz CT molecular complexity index is 1110. The lowest BCUT2D eigenvalue weighted by Crippen LogP contribution is -2.34. The first-order valence-corrected chi connectivity index (χ1v) is 12.4. The predicted octanol–water partition coefficient (Wildman–Crippen LogP) is 5.31. The summed E-state index contributed by atoms with van der Waals surface area (Å²) in [6, 6.07) is 5.44. The van der Waals surface area contributed by atoms with Crippen LogP contribution in [0.3, 0.4) is 0 Å². The van der Waals surface area contributed by atoms with Crippen molar-refractivity contribution in [2.75, 3.05) is 26.6 Å². The number of amides is 1. The van der Waals surface area contributed by atoms with Crippen molar-refractivity contribution in [2.24, 2.45) is 11.3 Å². The molecular weight excluding hydrogens is 470 g/mol. The van der Waals surface area contributed by atoms with E-state index >= 15 is 0 Å². The van der Waals surface area contributed by atoms with Crippen LogP contribution >= 0.6 is 23.6 Å². The van der Waals surface area contributed by atoms with Gasteiger partial charge in [-0.05, 0) is 60.5 Å². The molecule has 7 nitrogen and oxygen atoms in total. The predicted molar refractivity (Wildman–Crippen MR) is 138 cm³/mol. The Morgan fingerprint density at radius 3 is 2.41 bits per heavy atom. The standard InChI is InChI=1S/C25H31N3O4S2/c1-7-25(2,3)15-8-9-16-17(13-26)23(34-20(16)12-15)28-24(33)27-22(29)14-10-18(30-4)21(32-6)19(11-14)31-5/h10-11,15H,7-9,12H2,1-6H3,(H2,27,28,29,33). The number of fused-ring (bicyclic) bond motifs is 1. The zero-order chi connectivity index (χ0) is 25.0. The highest BCUT2D eigenvalue weighted by molar-refractivity contribution is 7.80. The summed E-state index contributed by atoms with van der Waals surface area (Å²) in [5.74, 6) is 1.28. The number of rotatable bonds is 7. The molecule has 1 aromatic heterocycles.